The number of hydrogen-bond acceptors (Lipinski definition) is 4. The maximum absolute atomic E-state index is 13.0. The molecule has 0 radical (unpaired) electrons. The van der Waals surface area contributed by atoms with Crippen LogP contribution in [0.5, 0.6) is 0 Å². The third kappa shape index (κ3) is 3.52. The van der Waals surface area contributed by atoms with Crippen LogP contribution in [-0.4, -0.2) is 68.9 Å². The van der Waals surface area contributed by atoms with Crippen molar-refractivity contribution < 1.29 is 9.90 Å². The van der Waals surface area contributed by atoms with Crippen LogP contribution in [0, 0.1) is 0 Å². The number of aliphatic hydroxyl groups is 1. The normalized spacial score (nSPS) is 24.6. The lowest BCUT2D eigenvalue weighted by molar-refractivity contribution is 0.0760. The smallest absolute Gasteiger partial charge is 0.254 e. The molecule has 2 fully saturated rings. The zero-order valence-electron chi connectivity index (χ0n) is 15.0. The largest absolute Gasteiger partial charge is 0.390 e. The first kappa shape index (κ1) is 17.2. The first-order valence-corrected chi connectivity index (χ1v) is 9.54. The van der Waals surface area contributed by atoms with Crippen LogP contribution in [0.1, 0.15) is 36.0 Å². The zero-order valence-corrected chi connectivity index (χ0v) is 15.0. The third-order valence-electron chi connectivity index (χ3n) is 5.52. The zero-order chi connectivity index (χ0) is 17.9. The van der Waals surface area contributed by atoms with Gasteiger partial charge in [0.25, 0.3) is 5.91 Å². The predicted molar refractivity (Wildman–Crippen MR) is 99.3 cm³/mol. The Kier molecular flexibility index (Phi) is 5.04. The molecule has 138 valence electrons. The SMILES string of the molecule is O=C(c1cccc(-n2cccn2)c1)N1C[C@H](O)[C@@H](N2CCCCCC2)C1. The highest BCUT2D eigenvalue weighted by molar-refractivity contribution is 5.95. The molecule has 26 heavy (non-hydrogen) atoms. The summed E-state index contributed by atoms with van der Waals surface area (Å²) in [4.78, 5) is 17.2. The molecule has 1 N–H and O–H groups in total. The third-order valence-corrected chi connectivity index (χ3v) is 5.52. The molecule has 4 rings (SSSR count). The van der Waals surface area contributed by atoms with Gasteiger partial charge in [-0.1, -0.05) is 18.9 Å². The molecule has 1 amide bonds. The first-order chi connectivity index (χ1) is 12.7. The lowest BCUT2D eigenvalue weighted by Crippen LogP contribution is -2.44. The van der Waals surface area contributed by atoms with Crippen molar-refractivity contribution in [3.05, 3.63) is 48.3 Å². The number of rotatable bonds is 3. The number of nitrogens with zero attached hydrogens (tertiary/aromatic N) is 4. The van der Waals surface area contributed by atoms with Crippen molar-refractivity contribution in [1.82, 2.24) is 19.6 Å². The summed E-state index contributed by atoms with van der Waals surface area (Å²) in [6.45, 7) is 3.06. The van der Waals surface area contributed by atoms with Crippen LogP contribution < -0.4 is 0 Å². The number of likely N-dealkylation sites (tertiary alicyclic amines) is 2. The molecule has 2 aliphatic rings. The van der Waals surface area contributed by atoms with E-state index in [0.717, 1.165) is 18.8 Å². The second-order valence-corrected chi connectivity index (χ2v) is 7.30. The Hall–Kier alpha value is -2.18. The molecule has 6 heteroatoms. The summed E-state index contributed by atoms with van der Waals surface area (Å²) in [5.74, 6) is -0.0182. The van der Waals surface area contributed by atoms with Crippen molar-refractivity contribution in [3.63, 3.8) is 0 Å². The molecule has 2 saturated heterocycles. The molecule has 2 atom stereocenters. The summed E-state index contributed by atoms with van der Waals surface area (Å²) in [7, 11) is 0. The summed E-state index contributed by atoms with van der Waals surface area (Å²) in [6, 6.07) is 9.43. The van der Waals surface area contributed by atoms with Gasteiger partial charge in [0.1, 0.15) is 0 Å². The van der Waals surface area contributed by atoms with E-state index in [4.69, 9.17) is 0 Å². The van der Waals surface area contributed by atoms with Crippen molar-refractivity contribution in [1.29, 1.82) is 0 Å². The molecule has 1 aromatic heterocycles. The van der Waals surface area contributed by atoms with Gasteiger partial charge in [-0.05, 0) is 50.2 Å². The van der Waals surface area contributed by atoms with Gasteiger partial charge in [-0.25, -0.2) is 4.68 Å². The number of benzene rings is 1. The minimum atomic E-state index is -0.466. The van der Waals surface area contributed by atoms with E-state index in [-0.39, 0.29) is 11.9 Å². The Balaban J connectivity index is 1.48. The van der Waals surface area contributed by atoms with Gasteiger partial charge in [0.05, 0.1) is 17.8 Å². The number of aromatic nitrogens is 2. The van der Waals surface area contributed by atoms with Crippen molar-refractivity contribution in [2.24, 2.45) is 0 Å². The molecule has 2 aliphatic heterocycles. The fourth-order valence-electron chi connectivity index (χ4n) is 4.11. The topological polar surface area (TPSA) is 61.6 Å². The molecule has 1 aromatic carbocycles. The quantitative estimate of drug-likeness (QED) is 0.915. The summed E-state index contributed by atoms with van der Waals surface area (Å²) in [5.41, 5.74) is 1.51. The molecule has 0 bridgehead atoms. The fourth-order valence-corrected chi connectivity index (χ4v) is 4.11. The molecule has 0 unspecified atom stereocenters. The van der Waals surface area contributed by atoms with E-state index in [1.165, 1.54) is 25.7 Å². The monoisotopic (exact) mass is 354 g/mol. The van der Waals surface area contributed by atoms with Crippen LogP contribution in [0.25, 0.3) is 5.69 Å². The van der Waals surface area contributed by atoms with Crippen LogP contribution in [-0.2, 0) is 0 Å². The van der Waals surface area contributed by atoms with Gasteiger partial charge in [-0.3, -0.25) is 9.69 Å². The van der Waals surface area contributed by atoms with Gasteiger partial charge < -0.3 is 10.0 Å². The van der Waals surface area contributed by atoms with Gasteiger partial charge >= 0.3 is 0 Å². The van der Waals surface area contributed by atoms with Crippen LogP contribution in [0.3, 0.4) is 0 Å². The highest BCUT2D eigenvalue weighted by atomic mass is 16.3. The molecule has 3 heterocycles. The van der Waals surface area contributed by atoms with Crippen LogP contribution in [0.15, 0.2) is 42.7 Å². The van der Waals surface area contributed by atoms with Crippen LogP contribution >= 0.6 is 0 Å². The number of hydrogen-bond donors (Lipinski definition) is 1. The van der Waals surface area contributed by atoms with E-state index >= 15 is 0 Å². The van der Waals surface area contributed by atoms with Gasteiger partial charge in [-0.15, -0.1) is 0 Å². The second-order valence-electron chi connectivity index (χ2n) is 7.30. The number of aliphatic hydroxyl groups excluding tert-OH is 1. The number of carbonyl (C=O) groups is 1. The summed E-state index contributed by atoms with van der Waals surface area (Å²) in [6.07, 6.45) is 8.01. The minimum absolute atomic E-state index is 0.0182. The summed E-state index contributed by atoms with van der Waals surface area (Å²) < 4.78 is 1.75. The number of amides is 1. The lowest BCUT2D eigenvalue weighted by Gasteiger charge is -2.29. The van der Waals surface area contributed by atoms with Crippen molar-refractivity contribution in [2.45, 2.75) is 37.8 Å². The molecule has 0 saturated carbocycles. The minimum Gasteiger partial charge on any atom is -0.390 e. The molecular weight excluding hydrogens is 328 g/mol. The van der Waals surface area contributed by atoms with Gasteiger partial charge in [0.2, 0.25) is 0 Å². The van der Waals surface area contributed by atoms with Gasteiger partial charge in [-0.2, -0.15) is 5.10 Å². The predicted octanol–water partition coefficient (Wildman–Crippen LogP) is 1.93. The maximum Gasteiger partial charge on any atom is 0.254 e. The van der Waals surface area contributed by atoms with E-state index in [1.54, 1.807) is 15.8 Å². The second kappa shape index (κ2) is 7.60. The molecule has 2 aromatic rings. The maximum atomic E-state index is 13.0. The summed E-state index contributed by atoms with van der Waals surface area (Å²) >= 11 is 0. The van der Waals surface area contributed by atoms with Crippen LogP contribution in [0.2, 0.25) is 0 Å². The molecule has 0 aliphatic carbocycles. The number of carbonyl (C=O) groups excluding carboxylic acids is 1. The Bertz CT molecular complexity index is 738. The van der Waals surface area contributed by atoms with Gasteiger partial charge in [0, 0.05) is 31.0 Å². The number of β-amino-alcohol motifs (C(OH)–C–C–N with tert-alkyl or cyclic N) is 1. The average molecular weight is 354 g/mol. The Morgan fingerprint density at radius 1 is 1.08 bits per heavy atom. The van der Waals surface area contributed by atoms with E-state index in [1.807, 2.05) is 36.5 Å². The van der Waals surface area contributed by atoms with E-state index in [0.29, 0.717) is 18.7 Å². The van der Waals surface area contributed by atoms with Gasteiger partial charge in [0.15, 0.2) is 0 Å². The highest BCUT2D eigenvalue weighted by Gasteiger charge is 2.37. The first-order valence-electron chi connectivity index (χ1n) is 9.54. The highest BCUT2D eigenvalue weighted by Crippen LogP contribution is 2.22. The Morgan fingerprint density at radius 3 is 2.62 bits per heavy atom. The molecule has 6 nitrogen and oxygen atoms in total. The van der Waals surface area contributed by atoms with E-state index < -0.39 is 6.10 Å². The van der Waals surface area contributed by atoms with E-state index in [2.05, 4.69) is 10.00 Å². The average Bonchev–Trinajstić information content (AvgIpc) is 3.25. The van der Waals surface area contributed by atoms with Crippen LogP contribution in [0.4, 0.5) is 0 Å². The van der Waals surface area contributed by atoms with E-state index in [9.17, 15) is 9.90 Å². The standard InChI is InChI=1S/C20H26N4O2/c25-19-15-23(14-18(19)22-10-3-1-2-4-11-22)20(26)16-7-5-8-17(13-16)24-12-6-9-21-24/h5-9,12-13,18-19,25H,1-4,10-11,14-15H2/t18-,19-/m0/s1. The van der Waals surface area contributed by atoms with Crippen molar-refractivity contribution in [2.75, 3.05) is 26.2 Å². The molecule has 0 spiro atoms. The molecular formula is C20H26N4O2. The lowest BCUT2D eigenvalue weighted by atomic mass is 10.1. The van der Waals surface area contributed by atoms with Crippen molar-refractivity contribution >= 4 is 5.91 Å². The Morgan fingerprint density at radius 2 is 1.88 bits per heavy atom. The fraction of sp³-hybridized carbons (Fsp3) is 0.500. The Labute approximate surface area is 154 Å². The van der Waals surface area contributed by atoms with Crippen molar-refractivity contribution in [3.8, 4) is 5.69 Å². The summed E-state index contributed by atoms with van der Waals surface area (Å²) in [5, 5.41) is 14.8.